The Bertz CT molecular complexity index is 1160. The van der Waals surface area contributed by atoms with Crippen molar-refractivity contribution < 1.29 is 23.8 Å². The fourth-order valence-electron chi connectivity index (χ4n) is 3.35. The summed E-state index contributed by atoms with van der Waals surface area (Å²) >= 11 is 0. The van der Waals surface area contributed by atoms with Gasteiger partial charge in [-0.05, 0) is 43.2 Å². The van der Waals surface area contributed by atoms with E-state index >= 15 is 0 Å². The zero-order valence-electron chi connectivity index (χ0n) is 17.4. The van der Waals surface area contributed by atoms with E-state index < -0.39 is 5.97 Å². The number of Topliss-reactive ketones (excluding diaryl/α,β-unsaturated/α-hetero) is 1. The second-order valence-corrected chi connectivity index (χ2v) is 7.35. The second-order valence-electron chi connectivity index (χ2n) is 7.35. The van der Waals surface area contributed by atoms with Gasteiger partial charge in [-0.25, -0.2) is 4.79 Å². The summed E-state index contributed by atoms with van der Waals surface area (Å²) < 4.78 is 16.7. The molecule has 0 amide bonds. The van der Waals surface area contributed by atoms with Crippen LogP contribution in [0, 0.1) is 13.8 Å². The molecule has 5 nitrogen and oxygen atoms in total. The van der Waals surface area contributed by atoms with Crippen molar-refractivity contribution in [2.24, 2.45) is 0 Å². The summed E-state index contributed by atoms with van der Waals surface area (Å²) in [5.41, 5.74) is 4.05. The molecule has 4 rings (SSSR count). The van der Waals surface area contributed by atoms with Gasteiger partial charge >= 0.3 is 5.97 Å². The Balaban J connectivity index is 1.43. The summed E-state index contributed by atoms with van der Waals surface area (Å²) in [7, 11) is 0. The molecule has 3 aromatic rings. The number of benzene rings is 3. The van der Waals surface area contributed by atoms with E-state index in [1.54, 1.807) is 25.1 Å². The Morgan fingerprint density at radius 3 is 2.58 bits per heavy atom. The largest absolute Gasteiger partial charge is 0.481 e. The van der Waals surface area contributed by atoms with Gasteiger partial charge in [-0.3, -0.25) is 4.79 Å². The molecule has 156 valence electrons. The summed E-state index contributed by atoms with van der Waals surface area (Å²) in [6.07, 6.45) is 1.73. The van der Waals surface area contributed by atoms with Gasteiger partial charge in [0.05, 0.1) is 5.56 Å². The molecule has 0 aliphatic carbocycles. The van der Waals surface area contributed by atoms with Gasteiger partial charge in [0, 0.05) is 5.56 Å². The van der Waals surface area contributed by atoms with E-state index in [-0.39, 0.29) is 24.8 Å². The van der Waals surface area contributed by atoms with Gasteiger partial charge in [0.1, 0.15) is 18.1 Å². The van der Waals surface area contributed by atoms with Crippen LogP contribution in [-0.4, -0.2) is 18.4 Å². The van der Waals surface area contributed by atoms with Crippen LogP contribution >= 0.6 is 0 Å². The third-order valence-corrected chi connectivity index (χ3v) is 4.96. The highest BCUT2D eigenvalue weighted by Crippen LogP contribution is 2.39. The van der Waals surface area contributed by atoms with Crippen LogP contribution in [0.4, 0.5) is 0 Å². The van der Waals surface area contributed by atoms with Crippen molar-refractivity contribution in [3.05, 3.63) is 100 Å². The predicted molar refractivity (Wildman–Crippen MR) is 117 cm³/mol. The van der Waals surface area contributed by atoms with Crippen molar-refractivity contribution in [1.82, 2.24) is 0 Å². The maximum atomic E-state index is 12.7. The summed E-state index contributed by atoms with van der Waals surface area (Å²) in [6.45, 7) is 3.75. The van der Waals surface area contributed by atoms with Crippen LogP contribution in [0.15, 0.2) is 72.5 Å². The lowest BCUT2D eigenvalue weighted by Gasteiger charge is -2.11. The monoisotopic (exact) mass is 414 g/mol. The maximum Gasteiger partial charge on any atom is 0.344 e. The molecule has 0 unspecified atom stereocenters. The van der Waals surface area contributed by atoms with Crippen LogP contribution < -0.4 is 9.47 Å². The summed E-state index contributed by atoms with van der Waals surface area (Å²) in [5.74, 6) is 0.552. The zero-order chi connectivity index (χ0) is 21.8. The Hall–Kier alpha value is -3.86. The van der Waals surface area contributed by atoms with Crippen LogP contribution in [0.1, 0.15) is 32.6 Å². The molecule has 0 radical (unpaired) electrons. The first kappa shape index (κ1) is 20.4. The van der Waals surface area contributed by atoms with E-state index in [2.05, 4.69) is 0 Å². The molecule has 0 N–H and O–H groups in total. The molecule has 0 bridgehead atoms. The standard InChI is InChI=1S/C26H22O5/c1-17-7-6-10-20(13-17)14-23-25(28)21-11-12-22(18(2)26(21)31-23)29-16-24(27)30-15-19-8-4-3-5-9-19/h3-14H,15-16H2,1-2H3/b23-14-. The van der Waals surface area contributed by atoms with Crippen molar-refractivity contribution in [2.45, 2.75) is 20.5 Å². The first-order valence-corrected chi connectivity index (χ1v) is 9.98. The van der Waals surface area contributed by atoms with E-state index in [0.29, 0.717) is 22.6 Å². The molecule has 1 aliphatic rings. The van der Waals surface area contributed by atoms with Crippen LogP contribution in [-0.2, 0) is 16.1 Å². The number of hydrogen-bond acceptors (Lipinski definition) is 5. The number of fused-ring (bicyclic) bond motifs is 1. The van der Waals surface area contributed by atoms with Gasteiger partial charge in [0.25, 0.3) is 0 Å². The molecule has 0 aromatic heterocycles. The number of aryl methyl sites for hydroxylation is 1. The lowest BCUT2D eigenvalue weighted by Crippen LogP contribution is -2.15. The highest BCUT2D eigenvalue weighted by Gasteiger charge is 2.30. The van der Waals surface area contributed by atoms with Crippen LogP contribution in [0.5, 0.6) is 11.5 Å². The first-order chi connectivity index (χ1) is 15.0. The van der Waals surface area contributed by atoms with Crippen molar-refractivity contribution in [1.29, 1.82) is 0 Å². The minimum Gasteiger partial charge on any atom is -0.481 e. The third kappa shape index (κ3) is 4.67. The Labute approximate surface area is 180 Å². The fourth-order valence-corrected chi connectivity index (χ4v) is 3.35. The van der Waals surface area contributed by atoms with Gasteiger partial charge in [-0.2, -0.15) is 0 Å². The highest BCUT2D eigenvalue weighted by molar-refractivity contribution is 6.15. The van der Waals surface area contributed by atoms with E-state index in [9.17, 15) is 9.59 Å². The molecule has 0 saturated heterocycles. The van der Waals surface area contributed by atoms with Gasteiger partial charge in [0.15, 0.2) is 12.4 Å². The van der Waals surface area contributed by atoms with Crippen molar-refractivity contribution in [2.75, 3.05) is 6.61 Å². The number of allylic oxidation sites excluding steroid dienone is 1. The Kier molecular flexibility index (Phi) is 5.85. The van der Waals surface area contributed by atoms with Gasteiger partial charge in [-0.15, -0.1) is 0 Å². The number of hydrogen-bond donors (Lipinski definition) is 0. The molecular formula is C26H22O5. The zero-order valence-corrected chi connectivity index (χ0v) is 17.4. The molecule has 0 saturated carbocycles. The molecule has 0 fully saturated rings. The fraction of sp³-hybridized carbons (Fsp3) is 0.154. The molecule has 0 atom stereocenters. The summed E-state index contributed by atoms with van der Waals surface area (Å²) in [4.78, 5) is 24.8. The van der Waals surface area contributed by atoms with Crippen molar-refractivity contribution in [3.63, 3.8) is 0 Å². The minimum atomic E-state index is -0.472. The van der Waals surface area contributed by atoms with Gasteiger partial charge in [-0.1, -0.05) is 60.2 Å². The predicted octanol–water partition coefficient (Wildman–Crippen LogP) is 5.04. The lowest BCUT2D eigenvalue weighted by atomic mass is 10.1. The quantitative estimate of drug-likeness (QED) is 0.418. The SMILES string of the molecule is Cc1cccc(/C=C2\Oc3c(ccc(OCC(=O)OCc4ccccc4)c3C)C2=O)c1. The van der Waals surface area contributed by atoms with Crippen molar-refractivity contribution >= 4 is 17.8 Å². The number of ketones is 1. The van der Waals surface area contributed by atoms with Crippen LogP contribution in [0.25, 0.3) is 6.08 Å². The lowest BCUT2D eigenvalue weighted by molar-refractivity contribution is -0.147. The molecule has 3 aromatic carbocycles. The topological polar surface area (TPSA) is 61.8 Å². The highest BCUT2D eigenvalue weighted by atomic mass is 16.6. The average molecular weight is 414 g/mol. The Morgan fingerprint density at radius 2 is 1.81 bits per heavy atom. The number of rotatable bonds is 6. The molecule has 31 heavy (non-hydrogen) atoms. The van der Waals surface area contributed by atoms with Crippen molar-refractivity contribution in [3.8, 4) is 11.5 Å². The summed E-state index contributed by atoms with van der Waals surface area (Å²) in [5, 5.41) is 0. The molecule has 1 heterocycles. The smallest absolute Gasteiger partial charge is 0.344 e. The molecule has 1 aliphatic heterocycles. The van der Waals surface area contributed by atoms with Gasteiger partial charge in [0.2, 0.25) is 5.78 Å². The molecule has 5 heteroatoms. The first-order valence-electron chi connectivity index (χ1n) is 9.98. The molecule has 0 spiro atoms. The van der Waals surface area contributed by atoms with E-state index in [0.717, 1.165) is 16.7 Å². The number of esters is 1. The second kappa shape index (κ2) is 8.88. The van der Waals surface area contributed by atoms with E-state index in [1.165, 1.54) is 0 Å². The average Bonchev–Trinajstić information content (AvgIpc) is 3.09. The van der Waals surface area contributed by atoms with Crippen LogP contribution in [0.3, 0.4) is 0 Å². The number of carbonyl (C=O) groups excluding carboxylic acids is 2. The van der Waals surface area contributed by atoms with E-state index in [4.69, 9.17) is 14.2 Å². The van der Waals surface area contributed by atoms with Crippen LogP contribution in [0.2, 0.25) is 0 Å². The van der Waals surface area contributed by atoms with Gasteiger partial charge < -0.3 is 14.2 Å². The maximum absolute atomic E-state index is 12.7. The number of carbonyl (C=O) groups is 2. The Morgan fingerprint density at radius 1 is 1.00 bits per heavy atom. The number of ether oxygens (including phenoxy) is 3. The normalized spacial score (nSPS) is 13.6. The third-order valence-electron chi connectivity index (χ3n) is 4.96. The summed E-state index contributed by atoms with van der Waals surface area (Å²) in [6, 6.07) is 20.6. The van der Waals surface area contributed by atoms with E-state index in [1.807, 2.05) is 61.5 Å². The minimum absolute atomic E-state index is 0.173. The molecular weight excluding hydrogens is 392 g/mol.